The highest BCUT2D eigenvalue weighted by Crippen LogP contribution is 2.16. The lowest BCUT2D eigenvalue weighted by Crippen LogP contribution is -2.21. The van der Waals surface area contributed by atoms with Gasteiger partial charge in [-0.05, 0) is 76.1 Å². The van der Waals surface area contributed by atoms with Gasteiger partial charge < -0.3 is 4.74 Å². The molecular weight excluding hydrogens is 315 g/mol. The largest absolute Gasteiger partial charge is 0.378 e. The number of nitrogens with zero attached hydrogens (tertiary/aromatic N) is 2. The van der Waals surface area contributed by atoms with E-state index in [0.29, 0.717) is 11.7 Å². The first-order chi connectivity index (χ1) is 11.8. The topological polar surface area (TPSA) is 35.0 Å². The summed E-state index contributed by atoms with van der Waals surface area (Å²) in [5.74, 6) is 1.51. The van der Waals surface area contributed by atoms with Crippen molar-refractivity contribution >= 4 is 0 Å². The van der Waals surface area contributed by atoms with Gasteiger partial charge in [-0.2, -0.15) is 0 Å². The average Bonchev–Trinajstić information content (AvgIpc) is 2.58. The zero-order valence-corrected chi connectivity index (χ0v) is 16.3. The van der Waals surface area contributed by atoms with Crippen LogP contribution in [0.5, 0.6) is 0 Å². The summed E-state index contributed by atoms with van der Waals surface area (Å²) < 4.78 is 18.0. The molecule has 1 aromatic carbocycles. The van der Waals surface area contributed by atoms with Crippen molar-refractivity contribution in [2.24, 2.45) is 5.92 Å². The number of benzene rings is 1. The maximum Gasteiger partial charge on any atom is 0.126 e. The Morgan fingerprint density at radius 2 is 1.60 bits per heavy atom. The van der Waals surface area contributed by atoms with Crippen molar-refractivity contribution in [2.75, 3.05) is 6.61 Å². The third-order valence-electron chi connectivity index (χ3n) is 3.97. The number of ether oxygens (including phenoxy) is 1. The summed E-state index contributed by atoms with van der Waals surface area (Å²) >= 11 is 0. The van der Waals surface area contributed by atoms with E-state index < -0.39 is 0 Å². The quantitative estimate of drug-likeness (QED) is 0.644. The van der Waals surface area contributed by atoms with Crippen LogP contribution < -0.4 is 0 Å². The number of aromatic nitrogens is 2. The Kier molecular flexibility index (Phi) is 9.28. The first-order valence-corrected chi connectivity index (χ1v) is 8.87. The van der Waals surface area contributed by atoms with E-state index >= 15 is 0 Å². The summed E-state index contributed by atoms with van der Waals surface area (Å²) in [5.41, 5.74) is 2.79. The summed E-state index contributed by atoms with van der Waals surface area (Å²) in [6.07, 6.45) is 6.73. The fourth-order valence-electron chi connectivity index (χ4n) is 2.17. The molecule has 0 saturated carbocycles. The average molecular weight is 346 g/mol. The van der Waals surface area contributed by atoms with E-state index in [9.17, 15) is 4.39 Å². The molecule has 0 amide bonds. The molecule has 1 aliphatic heterocycles. The Hall–Kier alpha value is -1.81. The molecule has 0 spiro atoms. The Labute approximate surface area is 151 Å². The first-order valence-electron chi connectivity index (χ1n) is 8.87. The summed E-state index contributed by atoms with van der Waals surface area (Å²) in [4.78, 5) is 7.94. The van der Waals surface area contributed by atoms with Gasteiger partial charge >= 0.3 is 0 Å². The maximum absolute atomic E-state index is 12.6. The van der Waals surface area contributed by atoms with Gasteiger partial charge in [0.25, 0.3) is 0 Å². The molecular formula is C21H31FN2O. The van der Waals surface area contributed by atoms with Crippen molar-refractivity contribution in [2.45, 2.75) is 60.5 Å². The number of hydrogen-bond donors (Lipinski definition) is 0. The molecule has 0 N–H and O–H groups in total. The highest BCUT2D eigenvalue weighted by molar-refractivity contribution is 5.21. The smallest absolute Gasteiger partial charge is 0.126 e. The van der Waals surface area contributed by atoms with Crippen molar-refractivity contribution in [3.05, 3.63) is 58.9 Å². The standard InChI is InChI=1S/C8H9F.C7H14O.C6H8N2/c1-6-3-4-7(2)8(9)5-6;1-6-3-4-7(2)8-5-6;1-5-3-7-6(2)8-4-5/h3-5H,1-2H3;6-7H,3-5H2,1-2H3;3-4H,1-2H3. The van der Waals surface area contributed by atoms with Gasteiger partial charge in [0.15, 0.2) is 0 Å². The SMILES string of the molecule is CC1CCC(C)OC1.Cc1ccc(C)c(F)c1.Cc1cnc(C)nc1. The Balaban J connectivity index is 0.000000188. The van der Waals surface area contributed by atoms with Gasteiger partial charge in [0.05, 0.1) is 6.10 Å². The van der Waals surface area contributed by atoms with Gasteiger partial charge in [-0.25, -0.2) is 14.4 Å². The van der Waals surface area contributed by atoms with Gasteiger partial charge in [0.1, 0.15) is 11.6 Å². The monoisotopic (exact) mass is 346 g/mol. The van der Waals surface area contributed by atoms with E-state index in [1.165, 1.54) is 18.9 Å². The molecule has 1 aliphatic rings. The van der Waals surface area contributed by atoms with Gasteiger partial charge in [-0.1, -0.05) is 19.1 Å². The molecule has 0 aliphatic carbocycles. The predicted octanol–water partition coefficient (Wildman–Crippen LogP) is 5.36. The molecule has 4 heteroatoms. The van der Waals surface area contributed by atoms with Crippen LogP contribution in [0.1, 0.15) is 49.2 Å². The molecule has 1 fully saturated rings. The molecule has 1 saturated heterocycles. The van der Waals surface area contributed by atoms with E-state index in [1.54, 1.807) is 13.0 Å². The molecule has 2 atom stereocenters. The van der Waals surface area contributed by atoms with Crippen LogP contribution in [0.3, 0.4) is 0 Å². The minimum Gasteiger partial charge on any atom is -0.378 e. The fourth-order valence-corrected chi connectivity index (χ4v) is 2.17. The Morgan fingerprint density at radius 3 is 2.00 bits per heavy atom. The molecule has 138 valence electrons. The normalized spacial score (nSPS) is 19.2. The van der Waals surface area contributed by atoms with E-state index in [4.69, 9.17) is 4.74 Å². The van der Waals surface area contributed by atoms with Crippen molar-refractivity contribution in [1.82, 2.24) is 9.97 Å². The highest BCUT2D eigenvalue weighted by atomic mass is 19.1. The zero-order chi connectivity index (χ0) is 18.8. The molecule has 0 radical (unpaired) electrons. The lowest BCUT2D eigenvalue weighted by atomic mass is 10.0. The van der Waals surface area contributed by atoms with Crippen LogP contribution in [0.2, 0.25) is 0 Å². The van der Waals surface area contributed by atoms with E-state index in [1.807, 2.05) is 39.2 Å². The summed E-state index contributed by atoms with van der Waals surface area (Å²) in [6, 6.07) is 5.22. The van der Waals surface area contributed by atoms with E-state index in [2.05, 4.69) is 23.8 Å². The first kappa shape index (κ1) is 21.2. The third-order valence-corrected chi connectivity index (χ3v) is 3.97. The van der Waals surface area contributed by atoms with Crippen molar-refractivity contribution in [1.29, 1.82) is 0 Å². The van der Waals surface area contributed by atoms with Crippen molar-refractivity contribution < 1.29 is 9.13 Å². The molecule has 2 unspecified atom stereocenters. The molecule has 2 aromatic rings. The Bertz CT molecular complexity index is 589. The summed E-state index contributed by atoms with van der Waals surface area (Å²) in [7, 11) is 0. The van der Waals surface area contributed by atoms with Crippen LogP contribution in [0, 0.1) is 39.4 Å². The second-order valence-electron chi connectivity index (χ2n) is 6.89. The summed E-state index contributed by atoms with van der Waals surface area (Å²) in [6.45, 7) is 12.8. The van der Waals surface area contributed by atoms with Gasteiger partial charge in [0, 0.05) is 19.0 Å². The second-order valence-corrected chi connectivity index (χ2v) is 6.89. The van der Waals surface area contributed by atoms with Gasteiger partial charge in [-0.3, -0.25) is 0 Å². The zero-order valence-electron chi connectivity index (χ0n) is 16.3. The predicted molar refractivity (Wildman–Crippen MR) is 101 cm³/mol. The minimum absolute atomic E-state index is 0.116. The molecule has 25 heavy (non-hydrogen) atoms. The second kappa shape index (κ2) is 10.9. The van der Waals surface area contributed by atoms with Crippen LogP contribution in [0.25, 0.3) is 0 Å². The lowest BCUT2D eigenvalue weighted by molar-refractivity contribution is 0.000267. The number of halogens is 1. The van der Waals surface area contributed by atoms with Crippen LogP contribution in [-0.4, -0.2) is 22.7 Å². The third kappa shape index (κ3) is 9.30. The fraction of sp³-hybridized carbons (Fsp3) is 0.524. The number of aryl methyl sites for hydroxylation is 4. The highest BCUT2D eigenvalue weighted by Gasteiger charge is 2.13. The van der Waals surface area contributed by atoms with Crippen molar-refractivity contribution in [3.8, 4) is 0 Å². The van der Waals surface area contributed by atoms with Crippen molar-refractivity contribution in [3.63, 3.8) is 0 Å². The Morgan fingerprint density at radius 1 is 0.960 bits per heavy atom. The maximum atomic E-state index is 12.6. The van der Waals surface area contributed by atoms with Gasteiger partial charge in [-0.15, -0.1) is 0 Å². The molecule has 0 bridgehead atoms. The minimum atomic E-state index is -0.116. The van der Waals surface area contributed by atoms with Crippen LogP contribution >= 0.6 is 0 Å². The van der Waals surface area contributed by atoms with E-state index in [-0.39, 0.29) is 5.82 Å². The number of hydrogen-bond acceptors (Lipinski definition) is 3. The molecule has 3 nitrogen and oxygen atoms in total. The summed E-state index contributed by atoms with van der Waals surface area (Å²) in [5, 5.41) is 0. The van der Waals surface area contributed by atoms with E-state index in [0.717, 1.165) is 29.5 Å². The molecule has 1 aromatic heterocycles. The lowest BCUT2D eigenvalue weighted by Gasteiger charge is -2.23. The van der Waals surface area contributed by atoms with Crippen LogP contribution in [0.4, 0.5) is 4.39 Å². The van der Waals surface area contributed by atoms with Crippen LogP contribution in [-0.2, 0) is 4.74 Å². The van der Waals surface area contributed by atoms with Crippen LogP contribution in [0.15, 0.2) is 30.6 Å². The molecule has 3 rings (SSSR count). The van der Waals surface area contributed by atoms with Gasteiger partial charge in [0.2, 0.25) is 0 Å². The molecule has 2 heterocycles. The number of rotatable bonds is 0.